The number of rotatable bonds is 8. The van der Waals surface area contributed by atoms with Gasteiger partial charge in [-0.1, -0.05) is 60.1 Å². The standard InChI is InChI=1S/C27H22BrClN2O2/c1-32-26-16-21(25(28)17-27(26)33-19-20-12-14-22(29)15-13-20)18-30-31(23-8-4-2-5-9-23)24-10-6-3-7-11-24/h2-18H,19H2,1H3/b30-18+. The number of halogens is 2. The lowest BCUT2D eigenvalue weighted by Crippen LogP contribution is -2.09. The number of hydrogen-bond acceptors (Lipinski definition) is 4. The molecule has 4 aromatic rings. The number of hydrazone groups is 1. The summed E-state index contributed by atoms with van der Waals surface area (Å²) in [7, 11) is 1.62. The fourth-order valence-corrected chi connectivity index (χ4v) is 3.76. The van der Waals surface area contributed by atoms with E-state index in [2.05, 4.69) is 15.9 Å². The molecule has 0 aromatic heterocycles. The molecule has 0 heterocycles. The van der Waals surface area contributed by atoms with Crippen LogP contribution in [0.15, 0.2) is 107 Å². The summed E-state index contributed by atoms with van der Waals surface area (Å²) in [4.78, 5) is 0. The van der Waals surface area contributed by atoms with Gasteiger partial charge in [-0.05, 0) is 70.0 Å². The third-order valence-electron chi connectivity index (χ3n) is 4.90. The molecule has 0 amide bonds. The molecule has 166 valence electrons. The molecule has 0 atom stereocenters. The van der Waals surface area contributed by atoms with Crippen molar-refractivity contribution < 1.29 is 9.47 Å². The van der Waals surface area contributed by atoms with Gasteiger partial charge in [0.05, 0.1) is 24.7 Å². The van der Waals surface area contributed by atoms with E-state index in [1.807, 2.05) is 102 Å². The molecule has 0 saturated heterocycles. The van der Waals surface area contributed by atoms with E-state index in [-0.39, 0.29) is 0 Å². The molecule has 0 saturated carbocycles. The number of benzene rings is 4. The molecule has 4 rings (SSSR count). The van der Waals surface area contributed by atoms with Crippen molar-refractivity contribution in [2.45, 2.75) is 6.61 Å². The van der Waals surface area contributed by atoms with E-state index in [9.17, 15) is 0 Å². The highest BCUT2D eigenvalue weighted by molar-refractivity contribution is 9.10. The highest BCUT2D eigenvalue weighted by atomic mass is 79.9. The molecule has 6 heteroatoms. The maximum Gasteiger partial charge on any atom is 0.162 e. The Morgan fingerprint density at radius 2 is 1.45 bits per heavy atom. The minimum absolute atomic E-state index is 0.406. The SMILES string of the molecule is COc1cc(/C=N/N(c2ccccc2)c2ccccc2)c(Br)cc1OCc1ccc(Cl)cc1. The first-order valence-electron chi connectivity index (χ1n) is 10.3. The van der Waals surface area contributed by atoms with Crippen molar-refractivity contribution in [3.05, 3.63) is 118 Å². The van der Waals surface area contributed by atoms with E-state index < -0.39 is 0 Å². The molecule has 0 radical (unpaired) electrons. The van der Waals surface area contributed by atoms with Crippen molar-refractivity contribution in [2.24, 2.45) is 5.10 Å². The Morgan fingerprint density at radius 3 is 2.03 bits per heavy atom. The van der Waals surface area contributed by atoms with Crippen LogP contribution in [0.1, 0.15) is 11.1 Å². The maximum atomic E-state index is 6.00. The Morgan fingerprint density at radius 1 is 0.848 bits per heavy atom. The van der Waals surface area contributed by atoms with Gasteiger partial charge in [-0.15, -0.1) is 0 Å². The second kappa shape index (κ2) is 11.0. The summed E-state index contributed by atoms with van der Waals surface area (Å²) >= 11 is 9.61. The normalized spacial score (nSPS) is 10.9. The van der Waals surface area contributed by atoms with Gasteiger partial charge in [0.25, 0.3) is 0 Å². The van der Waals surface area contributed by atoms with Crippen molar-refractivity contribution in [3.63, 3.8) is 0 Å². The van der Waals surface area contributed by atoms with E-state index >= 15 is 0 Å². The van der Waals surface area contributed by atoms with Crippen molar-refractivity contribution in [3.8, 4) is 11.5 Å². The minimum atomic E-state index is 0.406. The first kappa shape index (κ1) is 22.9. The van der Waals surface area contributed by atoms with Crippen LogP contribution in [-0.4, -0.2) is 13.3 Å². The van der Waals surface area contributed by atoms with Crippen LogP contribution in [0.3, 0.4) is 0 Å². The maximum absolute atomic E-state index is 6.00. The zero-order valence-electron chi connectivity index (χ0n) is 18.0. The monoisotopic (exact) mass is 520 g/mol. The molecule has 0 aliphatic heterocycles. The molecular weight excluding hydrogens is 500 g/mol. The number of hydrogen-bond donors (Lipinski definition) is 0. The quantitative estimate of drug-likeness (QED) is 0.175. The molecular formula is C27H22BrClN2O2. The van der Waals surface area contributed by atoms with Gasteiger partial charge in [0, 0.05) is 15.1 Å². The summed E-state index contributed by atoms with van der Waals surface area (Å²) in [6.07, 6.45) is 1.80. The molecule has 0 fully saturated rings. The van der Waals surface area contributed by atoms with E-state index in [4.69, 9.17) is 26.2 Å². The summed E-state index contributed by atoms with van der Waals surface area (Å²) < 4.78 is 12.4. The van der Waals surface area contributed by atoms with E-state index in [1.165, 1.54) is 0 Å². The van der Waals surface area contributed by atoms with Gasteiger partial charge >= 0.3 is 0 Å². The Balaban J connectivity index is 1.59. The summed E-state index contributed by atoms with van der Waals surface area (Å²) in [6.45, 7) is 0.406. The van der Waals surface area contributed by atoms with Crippen LogP contribution in [0, 0.1) is 0 Å². The Kier molecular flexibility index (Phi) is 7.66. The second-order valence-electron chi connectivity index (χ2n) is 7.17. The predicted molar refractivity (Wildman–Crippen MR) is 139 cm³/mol. The number of para-hydroxylation sites is 2. The van der Waals surface area contributed by atoms with Crippen LogP contribution in [0.25, 0.3) is 0 Å². The van der Waals surface area contributed by atoms with Crippen LogP contribution < -0.4 is 14.5 Å². The largest absolute Gasteiger partial charge is 0.493 e. The summed E-state index contributed by atoms with van der Waals surface area (Å²) in [5.41, 5.74) is 3.81. The third-order valence-corrected chi connectivity index (χ3v) is 5.84. The first-order chi connectivity index (χ1) is 16.1. The molecule has 0 N–H and O–H groups in total. The summed E-state index contributed by atoms with van der Waals surface area (Å²) in [5.74, 6) is 1.26. The highest BCUT2D eigenvalue weighted by Crippen LogP contribution is 2.34. The highest BCUT2D eigenvalue weighted by Gasteiger charge is 2.12. The molecule has 4 aromatic carbocycles. The van der Waals surface area contributed by atoms with Gasteiger partial charge in [-0.3, -0.25) is 0 Å². The minimum Gasteiger partial charge on any atom is -0.493 e. The third kappa shape index (κ3) is 5.95. The Hall–Kier alpha value is -3.28. The Labute approximate surface area is 207 Å². The number of ether oxygens (including phenoxy) is 2. The predicted octanol–water partition coefficient (Wildman–Crippen LogP) is 7.86. The van der Waals surface area contributed by atoms with E-state index in [0.29, 0.717) is 23.1 Å². The van der Waals surface area contributed by atoms with Crippen LogP contribution in [0.4, 0.5) is 11.4 Å². The smallest absolute Gasteiger partial charge is 0.162 e. The van der Waals surface area contributed by atoms with Gasteiger partial charge in [0.1, 0.15) is 6.61 Å². The Bertz CT molecular complexity index is 1180. The lowest BCUT2D eigenvalue weighted by molar-refractivity contribution is 0.284. The molecule has 0 aliphatic rings. The molecule has 0 unspecified atom stereocenters. The topological polar surface area (TPSA) is 34.1 Å². The van der Waals surface area contributed by atoms with Gasteiger partial charge in [0.2, 0.25) is 0 Å². The second-order valence-corrected chi connectivity index (χ2v) is 8.46. The van der Waals surface area contributed by atoms with Crippen molar-refractivity contribution in [1.82, 2.24) is 0 Å². The zero-order chi connectivity index (χ0) is 23.0. The fourth-order valence-electron chi connectivity index (χ4n) is 3.20. The van der Waals surface area contributed by atoms with Crippen LogP contribution >= 0.6 is 27.5 Å². The lowest BCUT2D eigenvalue weighted by atomic mass is 10.2. The van der Waals surface area contributed by atoms with Crippen LogP contribution in [0.2, 0.25) is 5.02 Å². The average molecular weight is 522 g/mol. The number of anilines is 2. The van der Waals surface area contributed by atoms with Gasteiger partial charge in [0.15, 0.2) is 11.5 Å². The molecule has 33 heavy (non-hydrogen) atoms. The fraction of sp³-hybridized carbons (Fsp3) is 0.0741. The average Bonchev–Trinajstić information content (AvgIpc) is 2.86. The summed E-state index contributed by atoms with van der Waals surface area (Å²) in [6, 6.07) is 31.4. The number of methoxy groups -OCH3 is 1. The van der Waals surface area contributed by atoms with Crippen molar-refractivity contribution in [2.75, 3.05) is 12.1 Å². The molecule has 0 bridgehead atoms. The summed E-state index contributed by atoms with van der Waals surface area (Å²) in [5, 5.41) is 7.36. The lowest BCUT2D eigenvalue weighted by Gasteiger charge is -2.19. The van der Waals surface area contributed by atoms with Crippen LogP contribution in [-0.2, 0) is 6.61 Å². The van der Waals surface area contributed by atoms with E-state index in [1.54, 1.807) is 13.3 Å². The van der Waals surface area contributed by atoms with Crippen molar-refractivity contribution >= 4 is 45.1 Å². The van der Waals surface area contributed by atoms with Gasteiger partial charge < -0.3 is 9.47 Å². The molecule has 4 nitrogen and oxygen atoms in total. The van der Waals surface area contributed by atoms with Crippen molar-refractivity contribution in [1.29, 1.82) is 0 Å². The van der Waals surface area contributed by atoms with Gasteiger partial charge in [-0.2, -0.15) is 5.10 Å². The molecule has 0 spiro atoms. The number of nitrogens with zero attached hydrogens (tertiary/aromatic N) is 2. The zero-order valence-corrected chi connectivity index (χ0v) is 20.3. The molecule has 0 aliphatic carbocycles. The first-order valence-corrected chi connectivity index (χ1v) is 11.5. The van der Waals surface area contributed by atoms with E-state index in [0.717, 1.165) is 27.0 Å². The van der Waals surface area contributed by atoms with Crippen LogP contribution in [0.5, 0.6) is 11.5 Å². The van der Waals surface area contributed by atoms with Gasteiger partial charge in [-0.25, -0.2) is 5.01 Å².